The topological polar surface area (TPSA) is 74.6 Å². The van der Waals surface area contributed by atoms with Crippen LogP contribution >= 0.6 is 23.4 Å². The van der Waals surface area contributed by atoms with Crippen LogP contribution in [0.3, 0.4) is 0 Å². The predicted molar refractivity (Wildman–Crippen MR) is 122 cm³/mol. The van der Waals surface area contributed by atoms with Crippen LogP contribution in [0.25, 0.3) is 5.69 Å². The molecule has 2 aromatic carbocycles. The second kappa shape index (κ2) is 8.72. The van der Waals surface area contributed by atoms with Gasteiger partial charge in [0.05, 0.1) is 48.7 Å². The van der Waals surface area contributed by atoms with E-state index in [1.807, 2.05) is 37.3 Å². The summed E-state index contributed by atoms with van der Waals surface area (Å²) in [5, 5.41) is 8.09. The Morgan fingerprint density at radius 1 is 1.13 bits per heavy atom. The number of halogens is 1. The standard InChI is InChI=1S/C22H22ClN3O4S/c1-12-19-21(13-9-16(28-2)20(30-4)17(10-13)29-3)31-11-18(27)24-22(19)26(25-12)15-8-6-5-7-14(15)23/h5-10,21H,11H2,1-4H3,(H,24,27)/t21-/m1/s1. The van der Waals surface area contributed by atoms with Crippen molar-refractivity contribution in [2.45, 2.75) is 12.2 Å². The van der Waals surface area contributed by atoms with Crippen LogP contribution in [0.5, 0.6) is 17.2 Å². The molecule has 2 heterocycles. The number of rotatable bonds is 5. The van der Waals surface area contributed by atoms with Crippen LogP contribution < -0.4 is 19.5 Å². The highest BCUT2D eigenvalue weighted by atomic mass is 35.5. The molecule has 0 saturated carbocycles. The summed E-state index contributed by atoms with van der Waals surface area (Å²) >= 11 is 7.94. The van der Waals surface area contributed by atoms with Crippen molar-refractivity contribution in [1.29, 1.82) is 0 Å². The van der Waals surface area contributed by atoms with Crippen LogP contribution in [-0.4, -0.2) is 42.8 Å². The van der Waals surface area contributed by atoms with E-state index in [1.165, 1.54) is 11.8 Å². The first-order valence-corrected chi connectivity index (χ1v) is 11.0. The number of aromatic nitrogens is 2. The maximum Gasteiger partial charge on any atom is 0.235 e. The van der Waals surface area contributed by atoms with Gasteiger partial charge in [0.15, 0.2) is 11.5 Å². The zero-order valence-corrected chi connectivity index (χ0v) is 19.1. The molecule has 3 aromatic rings. The molecule has 4 rings (SSSR count). The summed E-state index contributed by atoms with van der Waals surface area (Å²) in [6.07, 6.45) is 0. The highest BCUT2D eigenvalue weighted by Gasteiger charge is 2.32. The lowest BCUT2D eigenvalue weighted by Crippen LogP contribution is -2.16. The Morgan fingerprint density at radius 2 is 1.81 bits per heavy atom. The number of ether oxygens (including phenoxy) is 3. The van der Waals surface area contributed by atoms with Crippen molar-refractivity contribution in [3.8, 4) is 22.9 Å². The number of nitrogens with zero attached hydrogens (tertiary/aromatic N) is 2. The number of amides is 1. The summed E-state index contributed by atoms with van der Waals surface area (Å²) in [7, 11) is 4.73. The van der Waals surface area contributed by atoms with Crippen LogP contribution in [0.2, 0.25) is 5.02 Å². The number of para-hydroxylation sites is 1. The fraction of sp³-hybridized carbons (Fsp3) is 0.273. The minimum atomic E-state index is -0.182. The lowest BCUT2D eigenvalue weighted by molar-refractivity contribution is -0.113. The summed E-state index contributed by atoms with van der Waals surface area (Å²) in [6.45, 7) is 1.93. The van der Waals surface area contributed by atoms with Gasteiger partial charge in [0, 0.05) is 5.56 Å². The van der Waals surface area contributed by atoms with E-state index >= 15 is 0 Å². The molecule has 0 aliphatic carbocycles. The Morgan fingerprint density at radius 3 is 2.42 bits per heavy atom. The highest BCUT2D eigenvalue weighted by molar-refractivity contribution is 8.00. The van der Waals surface area contributed by atoms with Gasteiger partial charge in [-0.1, -0.05) is 23.7 Å². The van der Waals surface area contributed by atoms with Crippen LogP contribution in [0, 0.1) is 6.92 Å². The fourth-order valence-electron chi connectivity index (χ4n) is 3.70. The van der Waals surface area contributed by atoms with Gasteiger partial charge in [-0.3, -0.25) is 4.79 Å². The van der Waals surface area contributed by atoms with Crippen molar-refractivity contribution in [3.05, 3.63) is 58.2 Å². The van der Waals surface area contributed by atoms with E-state index in [-0.39, 0.29) is 16.9 Å². The molecular formula is C22H22ClN3O4S. The third kappa shape index (κ3) is 3.81. The largest absolute Gasteiger partial charge is 0.493 e. The first-order valence-electron chi connectivity index (χ1n) is 9.54. The molecule has 0 radical (unpaired) electrons. The number of carbonyl (C=O) groups is 1. The van der Waals surface area contributed by atoms with Gasteiger partial charge in [0.2, 0.25) is 11.7 Å². The molecule has 1 N–H and O–H groups in total. The van der Waals surface area contributed by atoms with Gasteiger partial charge in [-0.25, -0.2) is 4.68 Å². The second-order valence-corrected chi connectivity index (χ2v) is 8.41. The van der Waals surface area contributed by atoms with Crippen LogP contribution in [-0.2, 0) is 4.79 Å². The summed E-state index contributed by atoms with van der Waals surface area (Å²) in [6, 6.07) is 11.2. The van der Waals surface area contributed by atoms with Gasteiger partial charge in [-0.2, -0.15) is 5.10 Å². The molecule has 7 nitrogen and oxygen atoms in total. The normalized spacial score (nSPS) is 15.6. The molecule has 0 bridgehead atoms. The predicted octanol–water partition coefficient (Wildman–Crippen LogP) is 4.63. The van der Waals surface area contributed by atoms with Crippen molar-refractivity contribution < 1.29 is 19.0 Å². The Balaban J connectivity index is 1.92. The Hall–Kier alpha value is -2.84. The Labute approximate surface area is 189 Å². The summed E-state index contributed by atoms with van der Waals surface area (Å²) in [4.78, 5) is 12.6. The number of thioether (sulfide) groups is 1. The maximum atomic E-state index is 12.6. The first-order chi connectivity index (χ1) is 15.0. The van der Waals surface area contributed by atoms with Crippen molar-refractivity contribution >= 4 is 35.1 Å². The SMILES string of the molecule is COc1cc([C@H]2SCC(=O)Nc3c2c(C)nn3-c2ccccc2Cl)cc(OC)c1OC. The molecule has 0 fully saturated rings. The first kappa shape index (κ1) is 21.4. The lowest BCUT2D eigenvalue weighted by atomic mass is 10.0. The van der Waals surface area contributed by atoms with Gasteiger partial charge in [0.1, 0.15) is 5.82 Å². The molecule has 31 heavy (non-hydrogen) atoms. The molecule has 0 unspecified atom stereocenters. The number of nitrogens with one attached hydrogen (secondary N) is 1. The van der Waals surface area contributed by atoms with Crippen molar-refractivity contribution in [2.24, 2.45) is 0 Å². The Kier molecular flexibility index (Phi) is 6.02. The molecular weight excluding hydrogens is 438 g/mol. The number of fused-ring (bicyclic) bond motifs is 1. The van der Waals surface area contributed by atoms with Gasteiger partial charge >= 0.3 is 0 Å². The van der Waals surface area contributed by atoms with Gasteiger partial charge in [0.25, 0.3) is 0 Å². The number of anilines is 1. The molecule has 0 spiro atoms. The van der Waals surface area contributed by atoms with Crippen molar-refractivity contribution in [1.82, 2.24) is 9.78 Å². The van der Waals surface area contributed by atoms with Crippen LogP contribution in [0.4, 0.5) is 5.82 Å². The zero-order valence-electron chi connectivity index (χ0n) is 17.6. The van der Waals surface area contributed by atoms with Gasteiger partial charge < -0.3 is 19.5 Å². The number of aryl methyl sites for hydroxylation is 1. The molecule has 9 heteroatoms. The fourth-order valence-corrected chi connectivity index (χ4v) is 5.08. The number of hydrogen-bond donors (Lipinski definition) is 1. The van der Waals surface area contributed by atoms with E-state index in [2.05, 4.69) is 5.32 Å². The smallest absolute Gasteiger partial charge is 0.235 e. The van der Waals surface area contributed by atoms with Crippen LogP contribution in [0.15, 0.2) is 36.4 Å². The number of carbonyl (C=O) groups excluding carboxylic acids is 1. The molecule has 162 valence electrons. The lowest BCUT2D eigenvalue weighted by Gasteiger charge is -2.19. The summed E-state index contributed by atoms with van der Waals surface area (Å²) < 4.78 is 18.2. The van der Waals surface area contributed by atoms with E-state index in [4.69, 9.17) is 30.9 Å². The van der Waals surface area contributed by atoms with E-state index < -0.39 is 0 Å². The van der Waals surface area contributed by atoms with Gasteiger partial charge in [-0.05, 0) is 36.8 Å². The van der Waals surface area contributed by atoms with E-state index in [9.17, 15) is 4.79 Å². The zero-order chi connectivity index (χ0) is 22.1. The quantitative estimate of drug-likeness (QED) is 0.599. The highest BCUT2D eigenvalue weighted by Crippen LogP contribution is 2.48. The third-order valence-electron chi connectivity index (χ3n) is 5.08. The second-order valence-electron chi connectivity index (χ2n) is 6.91. The molecule has 1 amide bonds. The molecule has 1 aromatic heterocycles. The summed E-state index contributed by atoms with van der Waals surface area (Å²) in [5.41, 5.74) is 3.32. The minimum absolute atomic E-state index is 0.102. The number of benzene rings is 2. The van der Waals surface area contributed by atoms with E-state index in [0.717, 1.165) is 16.8 Å². The number of hydrogen-bond acceptors (Lipinski definition) is 6. The van der Waals surface area contributed by atoms with E-state index in [0.29, 0.717) is 33.8 Å². The Bertz CT molecular complexity index is 1120. The molecule has 1 aliphatic rings. The molecule has 1 aliphatic heterocycles. The van der Waals surface area contributed by atoms with Crippen LogP contribution in [0.1, 0.15) is 22.1 Å². The average molecular weight is 460 g/mol. The van der Waals surface area contributed by atoms with E-state index in [1.54, 1.807) is 32.1 Å². The molecule has 1 atom stereocenters. The van der Waals surface area contributed by atoms with Gasteiger partial charge in [-0.15, -0.1) is 11.8 Å². The van der Waals surface area contributed by atoms with Crippen molar-refractivity contribution in [2.75, 3.05) is 32.4 Å². The number of methoxy groups -OCH3 is 3. The summed E-state index contributed by atoms with van der Waals surface area (Å²) in [5.74, 6) is 2.43. The average Bonchev–Trinajstić information content (AvgIpc) is 2.97. The molecule has 0 saturated heterocycles. The van der Waals surface area contributed by atoms with Crippen molar-refractivity contribution in [3.63, 3.8) is 0 Å². The maximum absolute atomic E-state index is 12.6. The third-order valence-corrected chi connectivity index (χ3v) is 6.67. The monoisotopic (exact) mass is 459 g/mol. The minimum Gasteiger partial charge on any atom is -0.493 e.